The van der Waals surface area contributed by atoms with E-state index in [-0.39, 0.29) is 17.9 Å². The van der Waals surface area contributed by atoms with Gasteiger partial charge < -0.3 is 15.2 Å². The van der Waals surface area contributed by atoms with Crippen LogP contribution in [0.3, 0.4) is 0 Å². The van der Waals surface area contributed by atoms with E-state index in [1.54, 1.807) is 7.11 Å². The van der Waals surface area contributed by atoms with Crippen LogP contribution in [0.5, 0.6) is 5.75 Å². The zero-order chi connectivity index (χ0) is 13.1. The molecule has 2 atom stereocenters. The minimum atomic E-state index is -0.189. The van der Waals surface area contributed by atoms with Gasteiger partial charge in [-0.3, -0.25) is 4.79 Å². The predicted octanol–water partition coefficient (Wildman–Crippen LogP) is 1.62. The van der Waals surface area contributed by atoms with Gasteiger partial charge >= 0.3 is 5.97 Å². The van der Waals surface area contributed by atoms with Crippen LogP contribution in [0.2, 0.25) is 0 Å². The molecule has 0 saturated heterocycles. The highest BCUT2D eigenvalue weighted by Crippen LogP contribution is 2.41. The minimum absolute atomic E-state index is 0.0564. The van der Waals surface area contributed by atoms with Crippen LogP contribution in [0, 0.1) is 0 Å². The van der Waals surface area contributed by atoms with Gasteiger partial charge in [0.15, 0.2) is 0 Å². The van der Waals surface area contributed by atoms with Gasteiger partial charge in [0.2, 0.25) is 0 Å². The third kappa shape index (κ3) is 2.34. The number of methoxy groups -OCH3 is 2. The Bertz CT molecular complexity index is 445. The lowest BCUT2D eigenvalue weighted by Gasteiger charge is -2.18. The van der Waals surface area contributed by atoms with Crippen LogP contribution >= 0.6 is 0 Å². The lowest BCUT2D eigenvalue weighted by atomic mass is 9.93. The van der Waals surface area contributed by atoms with Crippen molar-refractivity contribution in [3.8, 4) is 5.75 Å². The van der Waals surface area contributed by atoms with Crippen molar-refractivity contribution in [2.45, 2.75) is 31.2 Å². The molecule has 0 bridgehead atoms. The van der Waals surface area contributed by atoms with Crippen LogP contribution < -0.4 is 10.5 Å². The first kappa shape index (κ1) is 12.9. The molecular formula is C14H19NO3. The molecule has 1 aliphatic rings. The number of carbonyl (C=O) groups excluding carboxylic acids is 1. The van der Waals surface area contributed by atoms with Gasteiger partial charge in [0.1, 0.15) is 5.75 Å². The van der Waals surface area contributed by atoms with Crippen LogP contribution in [0.25, 0.3) is 0 Å². The molecule has 2 rings (SSSR count). The number of fused-ring (bicyclic) bond motifs is 1. The van der Waals surface area contributed by atoms with Crippen molar-refractivity contribution in [3.63, 3.8) is 0 Å². The third-order valence-corrected chi connectivity index (χ3v) is 3.61. The summed E-state index contributed by atoms with van der Waals surface area (Å²) in [5.41, 5.74) is 8.57. The molecule has 0 heterocycles. The molecule has 0 fully saturated rings. The largest absolute Gasteiger partial charge is 0.496 e. The number of carbonyl (C=O) groups is 1. The molecule has 1 aromatic rings. The quantitative estimate of drug-likeness (QED) is 0.824. The lowest BCUT2D eigenvalue weighted by molar-refractivity contribution is -0.140. The lowest BCUT2D eigenvalue weighted by Crippen LogP contribution is -2.25. The van der Waals surface area contributed by atoms with Crippen LogP contribution in [0.1, 0.15) is 29.9 Å². The fraction of sp³-hybridized carbons (Fsp3) is 0.500. The number of benzene rings is 1. The van der Waals surface area contributed by atoms with Gasteiger partial charge in [0.25, 0.3) is 0 Å². The number of hydrogen-bond acceptors (Lipinski definition) is 4. The van der Waals surface area contributed by atoms with Gasteiger partial charge in [0.05, 0.1) is 14.2 Å². The Morgan fingerprint density at radius 3 is 2.89 bits per heavy atom. The van der Waals surface area contributed by atoms with Crippen LogP contribution in [-0.4, -0.2) is 26.2 Å². The van der Waals surface area contributed by atoms with Gasteiger partial charge in [-0.25, -0.2) is 0 Å². The van der Waals surface area contributed by atoms with Crippen molar-refractivity contribution < 1.29 is 14.3 Å². The van der Waals surface area contributed by atoms with Gasteiger partial charge in [-0.15, -0.1) is 0 Å². The highest BCUT2D eigenvalue weighted by Gasteiger charge is 2.32. The molecule has 1 aromatic carbocycles. The summed E-state index contributed by atoms with van der Waals surface area (Å²) in [6.45, 7) is 0. The molecule has 4 nitrogen and oxygen atoms in total. The van der Waals surface area contributed by atoms with E-state index in [1.807, 2.05) is 12.1 Å². The predicted molar refractivity (Wildman–Crippen MR) is 68.7 cm³/mol. The molecule has 2 N–H and O–H groups in total. The van der Waals surface area contributed by atoms with Crippen LogP contribution in [0.15, 0.2) is 18.2 Å². The van der Waals surface area contributed by atoms with E-state index in [2.05, 4.69) is 10.8 Å². The number of esters is 1. The molecule has 0 saturated carbocycles. The molecule has 1 aliphatic carbocycles. The van der Waals surface area contributed by atoms with E-state index in [0.717, 1.165) is 17.7 Å². The van der Waals surface area contributed by atoms with E-state index >= 15 is 0 Å². The number of ether oxygens (including phenoxy) is 2. The monoisotopic (exact) mass is 249 g/mol. The second kappa shape index (κ2) is 5.40. The van der Waals surface area contributed by atoms with Crippen molar-refractivity contribution in [3.05, 3.63) is 29.3 Å². The molecule has 0 amide bonds. The van der Waals surface area contributed by atoms with E-state index in [1.165, 1.54) is 12.7 Å². The van der Waals surface area contributed by atoms with Crippen molar-refractivity contribution in [2.75, 3.05) is 14.2 Å². The standard InChI is InChI=1S/C14H19NO3/c1-17-12-5-3-4-9-8-11(15)10(14(9)12)6-7-13(16)18-2/h3-5,10-11H,6-8,15H2,1-2H3. The van der Waals surface area contributed by atoms with E-state index < -0.39 is 0 Å². The summed E-state index contributed by atoms with van der Waals surface area (Å²) in [7, 11) is 3.07. The first-order valence-corrected chi connectivity index (χ1v) is 6.15. The summed E-state index contributed by atoms with van der Waals surface area (Å²) in [6.07, 6.45) is 1.95. The summed E-state index contributed by atoms with van der Waals surface area (Å²) < 4.78 is 10.1. The Labute approximate surface area is 107 Å². The van der Waals surface area contributed by atoms with Gasteiger partial charge in [-0.2, -0.15) is 0 Å². The zero-order valence-electron chi connectivity index (χ0n) is 10.8. The second-order valence-corrected chi connectivity index (χ2v) is 4.62. The molecule has 0 radical (unpaired) electrons. The molecule has 98 valence electrons. The third-order valence-electron chi connectivity index (χ3n) is 3.61. The highest BCUT2D eigenvalue weighted by atomic mass is 16.5. The number of hydrogen-bond donors (Lipinski definition) is 1. The summed E-state index contributed by atoms with van der Waals surface area (Å²) in [6, 6.07) is 6.06. The SMILES string of the molecule is COC(=O)CCC1c2c(cccc2OC)CC1N. The van der Waals surface area contributed by atoms with Crippen LogP contribution in [-0.2, 0) is 16.0 Å². The second-order valence-electron chi connectivity index (χ2n) is 4.62. The van der Waals surface area contributed by atoms with E-state index in [4.69, 9.17) is 10.5 Å². The van der Waals surface area contributed by atoms with Gasteiger partial charge in [0, 0.05) is 23.9 Å². The molecule has 4 heteroatoms. The topological polar surface area (TPSA) is 61.5 Å². The normalized spacial score (nSPS) is 21.5. The molecule has 2 unspecified atom stereocenters. The molecule has 0 aromatic heterocycles. The first-order valence-electron chi connectivity index (χ1n) is 6.15. The van der Waals surface area contributed by atoms with Gasteiger partial charge in [-0.05, 0) is 24.5 Å². The van der Waals surface area contributed by atoms with Gasteiger partial charge in [-0.1, -0.05) is 12.1 Å². The maximum absolute atomic E-state index is 11.2. The molecular weight excluding hydrogens is 230 g/mol. The zero-order valence-corrected chi connectivity index (χ0v) is 10.8. The average Bonchev–Trinajstić information content (AvgIpc) is 2.71. The van der Waals surface area contributed by atoms with E-state index in [9.17, 15) is 4.79 Å². The molecule has 18 heavy (non-hydrogen) atoms. The van der Waals surface area contributed by atoms with Crippen molar-refractivity contribution >= 4 is 5.97 Å². The Kier molecular flexibility index (Phi) is 3.87. The van der Waals surface area contributed by atoms with Crippen molar-refractivity contribution in [1.82, 2.24) is 0 Å². The summed E-state index contributed by atoms with van der Waals surface area (Å²) in [5, 5.41) is 0. The molecule has 0 aliphatic heterocycles. The molecule has 0 spiro atoms. The Balaban J connectivity index is 2.20. The smallest absolute Gasteiger partial charge is 0.305 e. The number of nitrogens with two attached hydrogens (primary N) is 1. The Morgan fingerprint density at radius 1 is 1.44 bits per heavy atom. The van der Waals surface area contributed by atoms with Crippen molar-refractivity contribution in [1.29, 1.82) is 0 Å². The summed E-state index contributed by atoms with van der Waals surface area (Å²) in [4.78, 5) is 11.2. The maximum Gasteiger partial charge on any atom is 0.305 e. The average molecular weight is 249 g/mol. The first-order chi connectivity index (χ1) is 8.67. The van der Waals surface area contributed by atoms with Crippen LogP contribution in [0.4, 0.5) is 0 Å². The summed E-state index contributed by atoms with van der Waals surface area (Å²) in [5.74, 6) is 0.858. The summed E-state index contributed by atoms with van der Waals surface area (Å²) >= 11 is 0. The Hall–Kier alpha value is -1.55. The maximum atomic E-state index is 11.2. The fourth-order valence-corrected chi connectivity index (χ4v) is 2.71. The van der Waals surface area contributed by atoms with Crippen molar-refractivity contribution in [2.24, 2.45) is 5.73 Å². The highest BCUT2D eigenvalue weighted by molar-refractivity contribution is 5.69. The van der Waals surface area contributed by atoms with E-state index in [0.29, 0.717) is 12.8 Å². The fourth-order valence-electron chi connectivity index (χ4n) is 2.71. The Morgan fingerprint density at radius 2 is 2.22 bits per heavy atom. The number of rotatable bonds is 4. The minimum Gasteiger partial charge on any atom is -0.496 e.